The van der Waals surface area contributed by atoms with Crippen LogP contribution in [0.1, 0.15) is 46.5 Å². The van der Waals surface area contributed by atoms with Crippen molar-refractivity contribution in [2.24, 2.45) is 11.3 Å². The molecular weight excluding hydrogens is 216 g/mol. The Morgan fingerprint density at radius 1 is 1.29 bits per heavy atom. The van der Waals surface area contributed by atoms with Crippen LogP contribution in [-0.2, 0) is 14.3 Å². The van der Waals surface area contributed by atoms with Gasteiger partial charge in [-0.05, 0) is 30.6 Å². The predicted octanol–water partition coefficient (Wildman–Crippen LogP) is 2.57. The van der Waals surface area contributed by atoms with Gasteiger partial charge in [-0.3, -0.25) is 4.79 Å². The summed E-state index contributed by atoms with van der Waals surface area (Å²) in [5.74, 6) is 0.890. The third-order valence-electron chi connectivity index (χ3n) is 4.03. The van der Waals surface area contributed by atoms with Crippen LogP contribution in [0.15, 0.2) is 0 Å². The quantitative estimate of drug-likeness (QED) is 0.760. The number of rotatable bonds is 3. The molecule has 2 aliphatic carbocycles. The van der Waals surface area contributed by atoms with Crippen LogP contribution < -0.4 is 0 Å². The standard InChI is InChI=1S/C14H24O3/c1-9-5-10(8-14(2,3)7-9)17-12-6-11(15)13(12)16-4/h9-10,12-13H,5-8H2,1-4H3. The summed E-state index contributed by atoms with van der Waals surface area (Å²) < 4.78 is 11.2. The molecule has 0 spiro atoms. The molecule has 4 atom stereocenters. The molecule has 98 valence electrons. The minimum atomic E-state index is -0.310. The monoisotopic (exact) mass is 240 g/mol. The van der Waals surface area contributed by atoms with Gasteiger partial charge in [0.2, 0.25) is 0 Å². The highest BCUT2D eigenvalue weighted by atomic mass is 16.5. The van der Waals surface area contributed by atoms with Gasteiger partial charge in [-0.2, -0.15) is 0 Å². The van der Waals surface area contributed by atoms with Crippen molar-refractivity contribution in [3.8, 4) is 0 Å². The Bertz CT molecular complexity index is 298. The van der Waals surface area contributed by atoms with Crippen LogP contribution in [0.2, 0.25) is 0 Å². The van der Waals surface area contributed by atoms with Gasteiger partial charge in [0.25, 0.3) is 0 Å². The molecule has 0 heterocycles. The Morgan fingerprint density at radius 3 is 2.53 bits per heavy atom. The zero-order chi connectivity index (χ0) is 12.6. The highest BCUT2D eigenvalue weighted by Crippen LogP contribution is 2.41. The minimum absolute atomic E-state index is 0.00130. The van der Waals surface area contributed by atoms with Crippen molar-refractivity contribution in [1.82, 2.24) is 0 Å². The van der Waals surface area contributed by atoms with Gasteiger partial charge >= 0.3 is 0 Å². The molecular formula is C14H24O3. The summed E-state index contributed by atoms with van der Waals surface area (Å²) in [6.45, 7) is 6.90. The minimum Gasteiger partial charge on any atom is -0.371 e. The molecule has 0 aromatic carbocycles. The summed E-state index contributed by atoms with van der Waals surface area (Å²) in [7, 11) is 1.59. The fourth-order valence-electron chi connectivity index (χ4n) is 3.48. The molecule has 2 fully saturated rings. The van der Waals surface area contributed by atoms with Crippen LogP contribution in [0.4, 0.5) is 0 Å². The van der Waals surface area contributed by atoms with Crippen molar-refractivity contribution in [3.05, 3.63) is 0 Å². The van der Waals surface area contributed by atoms with Gasteiger partial charge in [-0.1, -0.05) is 20.8 Å². The van der Waals surface area contributed by atoms with E-state index in [9.17, 15) is 4.79 Å². The van der Waals surface area contributed by atoms with Crippen molar-refractivity contribution in [1.29, 1.82) is 0 Å². The average Bonchev–Trinajstić information content (AvgIpc) is 2.13. The highest BCUT2D eigenvalue weighted by molar-refractivity contribution is 5.90. The zero-order valence-corrected chi connectivity index (χ0v) is 11.4. The molecule has 3 heteroatoms. The molecule has 0 aromatic rings. The molecule has 0 N–H and O–H groups in total. The fourth-order valence-corrected chi connectivity index (χ4v) is 3.48. The number of hydrogen-bond donors (Lipinski definition) is 0. The molecule has 3 nitrogen and oxygen atoms in total. The largest absolute Gasteiger partial charge is 0.371 e. The Balaban J connectivity index is 1.89. The number of hydrogen-bond acceptors (Lipinski definition) is 3. The molecule has 0 saturated heterocycles. The van der Waals surface area contributed by atoms with Crippen molar-refractivity contribution in [3.63, 3.8) is 0 Å². The van der Waals surface area contributed by atoms with E-state index in [4.69, 9.17) is 9.47 Å². The summed E-state index contributed by atoms with van der Waals surface area (Å²) in [6, 6.07) is 0. The molecule has 0 bridgehead atoms. The number of ketones is 1. The van der Waals surface area contributed by atoms with Crippen molar-refractivity contribution in [2.75, 3.05) is 7.11 Å². The third kappa shape index (κ3) is 2.89. The number of carbonyl (C=O) groups is 1. The summed E-state index contributed by atoms with van der Waals surface area (Å²) in [4.78, 5) is 11.3. The lowest BCUT2D eigenvalue weighted by Crippen LogP contribution is -2.52. The number of carbonyl (C=O) groups excluding carboxylic acids is 1. The van der Waals surface area contributed by atoms with Crippen LogP contribution in [0.3, 0.4) is 0 Å². The van der Waals surface area contributed by atoms with Crippen LogP contribution in [0.5, 0.6) is 0 Å². The van der Waals surface area contributed by atoms with Gasteiger partial charge in [-0.15, -0.1) is 0 Å². The third-order valence-corrected chi connectivity index (χ3v) is 4.03. The maximum Gasteiger partial charge on any atom is 0.166 e. The molecule has 2 aliphatic rings. The normalized spacial score (nSPS) is 41.1. The fraction of sp³-hybridized carbons (Fsp3) is 0.929. The van der Waals surface area contributed by atoms with Crippen LogP contribution in [-0.4, -0.2) is 31.2 Å². The SMILES string of the molecule is COC1C(=O)CC1OC1CC(C)CC(C)(C)C1. The summed E-state index contributed by atoms with van der Waals surface area (Å²) in [5, 5.41) is 0. The van der Waals surface area contributed by atoms with Crippen LogP contribution in [0.25, 0.3) is 0 Å². The number of methoxy groups -OCH3 is 1. The van der Waals surface area contributed by atoms with E-state index in [0.29, 0.717) is 23.9 Å². The molecule has 0 aromatic heterocycles. The highest BCUT2D eigenvalue weighted by Gasteiger charge is 2.43. The second kappa shape index (κ2) is 4.69. The van der Waals surface area contributed by atoms with Gasteiger partial charge in [0.1, 0.15) is 6.10 Å². The van der Waals surface area contributed by atoms with E-state index in [0.717, 1.165) is 12.8 Å². The van der Waals surface area contributed by atoms with Crippen molar-refractivity contribution >= 4 is 5.78 Å². The smallest absolute Gasteiger partial charge is 0.166 e. The maximum absolute atomic E-state index is 11.3. The average molecular weight is 240 g/mol. The molecule has 0 amide bonds. The van der Waals surface area contributed by atoms with Gasteiger partial charge in [0.05, 0.1) is 12.2 Å². The predicted molar refractivity (Wildman–Crippen MR) is 65.9 cm³/mol. The summed E-state index contributed by atoms with van der Waals surface area (Å²) in [6.07, 6.45) is 4.00. The van der Waals surface area contributed by atoms with E-state index in [1.54, 1.807) is 7.11 Å². The van der Waals surface area contributed by atoms with Crippen molar-refractivity contribution in [2.45, 2.75) is 64.8 Å². The summed E-state index contributed by atoms with van der Waals surface area (Å²) >= 11 is 0. The molecule has 2 saturated carbocycles. The van der Waals surface area contributed by atoms with E-state index in [1.165, 1.54) is 6.42 Å². The van der Waals surface area contributed by atoms with E-state index >= 15 is 0 Å². The number of ether oxygens (including phenoxy) is 2. The summed E-state index contributed by atoms with van der Waals surface area (Å²) in [5.41, 5.74) is 0.360. The second-order valence-electron chi connectivity index (χ2n) is 6.54. The lowest BCUT2D eigenvalue weighted by molar-refractivity contribution is -0.175. The Labute approximate surface area is 104 Å². The first kappa shape index (κ1) is 13.0. The maximum atomic E-state index is 11.3. The Hall–Kier alpha value is -0.410. The lowest BCUT2D eigenvalue weighted by atomic mass is 9.71. The lowest BCUT2D eigenvalue weighted by Gasteiger charge is -2.43. The van der Waals surface area contributed by atoms with Crippen LogP contribution in [0, 0.1) is 11.3 Å². The van der Waals surface area contributed by atoms with Gasteiger partial charge in [0, 0.05) is 13.5 Å². The molecule has 17 heavy (non-hydrogen) atoms. The molecule has 4 unspecified atom stereocenters. The van der Waals surface area contributed by atoms with E-state index < -0.39 is 0 Å². The Kier molecular flexibility index (Phi) is 3.60. The van der Waals surface area contributed by atoms with E-state index in [1.807, 2.05) is 0 Å². The van der Waals surface area contributed by atoms with E-state index in [-0.39, 0.29) is 18.0 Å². The zero-order valence-electron chi connectivity index (χ0n) is 11.4. The molecule has 2 rings (SSSR count). The van der Waals surface area contributed by atoms with Crippen molar-refractivity contribution < 1.29 is 14.3 Å². The first-order valence-corrected chi connectivity index (χ1v) is 6.62. The van der Waals surface area contributed by atoms with Gasteiger partial charge in [-0.25, -0.2) is 0 Å². The molecule has 0 radical (unpaired) electrons. The second-order valence-corrected chi connectivity index (χ2v) is 6.54. The Morgan fingerprint density at radius 2 is 2.00 bits per heavy atom. The van der Waals surface area contributed by atoms with Crippen LogP contribution >= 0.6 is 0 Å². The van der Waals surface area contributed by atoms with Gasteiger partial charge in [0.15, 0.2) is 5.78 Å². The van der Waals surface area contributed by atoms with Gasteiger partial charge < -0.3 is 9.47 Å². The van der Waals surface area contributed by atoms with E-state index in [2.05, 4.69) is 20.8 Å². The molecule has 0 aliphatic heterocycles. The first-order chi connectivity index (χ1) is 7.91. The first-order valence-electron chi connectivity index (χ1n) is 6.62. The number of Topliss-reactive ketones (excluding diaryl/α,β-unsaturated/α-hetero) is 1. The topological polar surface area (TPSA) is 35.5 Å².